The molecular weight excluding hydrogens is 242 g/mol. The number of nitrogens with two attached hydrogens (primary N) is 1. The molecule has 0 aliphatic heterocycles. The highest BCUT2D eigenvalue weighted by Crippen LogP contribution is 2.18. The standard InChI is InChI=1S/C14H21N3O2/c1-5-16-11-8-9(2)6-7-10(11)12(18)17-14(3,4)13(15)19/h6-8,16H,5H2,1-4H3,(H2,15,19)(H,17,18). The van der Waals surface area contributed by atoms with E-state index in [-0.39, 0.29) is 5.91 Å². The third-order valence-electron chi connectivity index (χ3n) is 2.83. The molecule has 0 spiro atoms. The largest absolute Gasteiger partial charge is 0.385 e. The average Bonchev–Trinajstić information content (AvgIpc) is 2.28. The van der Waals surface area contributed by atoms with Gasteiger partial charge in [-0.15, -0.1) is 0 Å². The highest BCUT2D eigenvalue weighted by Gasteiger charge is 2.28. The van der Waals surface area contributed by atoms with Gasteiger partial charge in [0.1, 0.15) is 5.54 Å². The normalized spacial score (nSPS) is 10.9. The second-order valence-corrected chi connectivity index (χ2v) is 5.02. The number of rotatable bonds is 5. The van der Waals surface area contributed by atoms with Crippen LogP contribution in [0.15, 0.2) is 18.2 Å². The molecule has 0 saturated heterocycles. The Bertz CT molecular complexity index is 495. The summed E-state index contributed by atoms with van der Waals surface area (Å²) in [6, 6.07) is 5.49. The van der Waals surface area contributed by atoms with Crippen molar-refractivity contribution in [2.75, 3.05) is 11.9 Å². The minimum absolute atomic E-state index is 0.320. The molecule has 0 aliphatic carbocycles. The molecule has 1 rings (SSSR count). The molecule has 0 heterocycles. The first-order valence-electron chi connectivity index (χ1n) is 6.25. The van der Waals surface area contributed by atoms with Crippen LogP contribution in [0.3, 0.4) is 0 Å². The first-order chi connectivity index (χ1) is 8.77. The summed E-state index contributed by atoms with van der Waals surface area (Å²) in [4.78, 5) is 23.5. The van der Waals surface area contributed by atoms with Crippen LogP contribution < -0.4 is 16.4 Å². The van der Waals surface area contributed by atoms with E-state index in [0.29, 0.717) is 12.1 Å². The van der Waals surface area contributed by atoms with Crippen LogP contribution in [0.25, 0.3) is 0 Å². The first-order valence-corrected chi connectivity index (χ1v) is 6.25. The maximum atomic E-state index is 12.2. The van der Waals surface area contributed by atoms with Crippen LogP contribution in [0.5, 0.6) is 0 Å². The average molecular weight is 263 g/mol. The van der Waals surface area contributed by atoms with Crippen LogP contribution >= 0.6 is 0 Å². The second-order valence-electron chi connectivity index (χ2n) is 5.02. The molecule has 0 unspecified atom stereocenters. The molecule has 0 bridgehead atoms. The zero-order chi connectivity index (χ0) is 14.6. The number of carbonyl (C=O) groups excluding carboxylic acids is 2. The third kappa shape index (κ3) is 3.71. The van der Waals surface area contributed by atoms with Gasteiger partial charge < -0.3 is 16.4 Å². The Morgan fingerprint density at radius 2 is 1.95 bits per heavy atom. The summed E-state index contributed by atoms with van der Waals surface area (Å²) in [6.45, 7) is 7.78. The summed E-state index contributed by atoms with van der Waals surface area (Å²) >= 11 is 0. The second kappa shape index (κ2) is 5.73. The number of primary amides is 1. The quantitative estimate of drug-likeness (QED) is 0.751. The molecule has 0 radical (unpaired) electrons. The van der Waals surface area contributed by atoms with E-state index in [4.69, 9.17) is 5.73 Å². The highest BCUT2D eigenvalue weighted by molar-refractivity contribution is 6.02. The van der Waals surface area contributed by atoms with Gasteiger partial charge in [-0.1, -0.05) is 6.07 Å². The number of amides is 2. The van der Waals surface area contributed by atoms with Gasteiger partial charge in [0.15, 0.2) is 0 Å². The number of anilines is 1. The molecule has 2 amide bonds. The molecule has 0 fully saturated rings. The maximum Gasteiger partial charge on any atom is 0.254 e. The van der Waals surface area contributed by atoms with Crippen molar-refractivity contribution in [2.45, 2.75) is 33.2 Å². The molecule has 1 aromatic rings. The SMILES string of the molecule is CCNc1cc(C)ccc1C(=O)NC(C)(C)C(N)=O. The van der Waals surface area contributed by atoms with E-state index >= 15 is 0 Å². The van der Waals surface area contributed by atoms with Crippen LogP contribution in [0.2, 0.25) is 0 Å². The van der Waals surface area contributed by atoms with E-state index in [2.05, 4.69) is 10.6 Å². The van der Waals surface area contributed by atoms with Crippen molar-refractivity contribution in [1.29, 1.82) is 0 Å². The Hall–Kier alpha value is -2.04. The van der Waals surface area contributed by atoms with E-state index in [9.17, 15) is 9.59 Å². The molecule has 0 saturated carbocycles. The van der Waals surface area contributed by atoms with Gasteiger partial charge in [-0.2, -0.15) is 0 Å². The number of hydrogen-bond donors (Lipinski definition) is 3. The molecule has 4 N–H and O–H groups in total. The first kappa shape index (κ1) is 15.0. The fourth-order valence-corrected chi connectivity index (χ4v) is 1.61. The van der Waals surface area contributed by atoms with Crippen molar-refractivity contribution in [2.24, 2.45) is 5.73 Å². The Balaban J connectivity index is 3.03. The maximum absolute atomic E-state index is 12.2. The van der Waals surface area contributed by atoms with E-state index in [1.54, 1.807) is 19.9 Å². The van der Waals surface area contributed by atoms with Crippen LogP contribution in [-0.4, -0.2) is 23.9 Å². The highest BCUT2D eigenvalue weighted by atomic mass is 16.2. The van der Waals surface area contributed by atoms with Crippen LogP contribution in [0, 0.1) is 6.92 Å². The zero-order valence-corrected chi connectivity index (χ0v) is 11.8. The van der Waals surface area contributed by atoms with Crippen LogP contribution in [0.4, 0.5) is 5.69 Å². The lowest BCUT2D eigenvalue weighted by atomic mass is 10.0. The Morgan fingerprint density at radius 3 is 2.47 bits per heavy atom. The molecule has 1 aromatic carbocycles. The van der Waals surface area contributed by atoms with Gasteiger partial charge in [0.05, 0.1) is 5.56 Å². The summed E-state index contributed by atoms with van der Waals surface area (Å²) < 4.78 is 0. The summed E-state index contributed by atoms with van der Waals surface area (Å²) in [5.74, 6) is -0.891. The Morgan fingerprint density at radius 1 is 1.32 bits per heavy atom. The zero-order valence-electron chi connectivity index (χ0n) is 11.8. The van der Waals surface area contributed by atoms with Crippen molar-refractivity contribution in [1.82, 2.24) is 5.32 Å². The van der Waals surface area contributed by atoms with Gasteiger partial charge in [0.2, 0.25) is 5.91 Å². The van der Waals surface area contributed by atoms with E-state index in [0.717, 1.165) is 11.3 Å². The van der Waals surface area contributed by atoms with Gasteiger partial charge in [0.25, 0.3) is 5.91 Å². The minimum atomic E-state index is -1.08. The number of hydrogen-bond acceptors (Lipinski definition) is 3. The van der Waals surface area contributed by atoms with Crippen molar-refractivity contribution in [3.8, 4) is 0 Å². The van der Waals surface area contributed by atoms with Gasteiger partial charge in [-0.3, -0.25) is 9.59 Å². The van der Waals surface area contributed by atoms with Gasteiger partial charge in [-0.25, -0.2) is 0 Å². The molecule has 19 heavy (non-hydrogen) atoms. The fraction of sp³-hybridized carbons (Fsp3) is 0.429. The topological polar surface area (TPSA) is 84.2 Å². The van der Waals surface area contributed by atoms with Crippen molar-refractivity contribution < 1.29 is 9.59 Å². The van der Waals surface area contributed by atoms with Crippen LogP contribution in [0.1, 0.15) is 36.7 Å². The monoisotopic (exact) mass is 263 g/mol. The Kier molecular flexibility index (Phi) is 4.53. The lowest BCUT2D eigenvalue weighted by Crippen LogP contribution is -2.53. The van der Waals surface area contributed by atoms with Crippen molar-refractivity contribution in [3.05, 3.63) is 29.3 Å². The molecule has 5 heteroatoms. The van der Waals surface area contributed by atoms with E-state index in [1.807, 2.05) is 26.0 Å². The number of carbonyl (C=O) groups is 2. The van der Waals surface area contributed by atoms with Crippen molar-refractivity contribution in [3.63, 3.8) is 0 Å². The molecule has 0 atom stereocenters. The summed E-state index contributed by atoms with van der Waals surface area (Å²) in [6.07, 6.45) is 0. The molecule has 0 aliphatic rings. The molecule has 5 nitrogen and oxygen atoms in total. The van der Waals surface area contributed by atoms with E-state index in [1.165, 1.54) is 0 Å². The lowest BCUT2D eigenvalue weighted by Gasteiger charge is -2.23. The van der Waals surface area contributed by atoms with Crippen molar-refractivity contribution >= 4 is 17.5 Å². The molecule has 0 aromatic heterocycles. The lowest BCUT2D eigenvalue weighted by molar-refractivity contribution is -0.122. The Labute approximate surface area is 113 Å². The predicted molar refractivity (Wildman–Crippen MR) is 76.1 cm³/mol. The third-order valence-corrected chi connectivity index (χ3v) is 2.83. The minimum Gasteiger partial charge on any atom is -0.385 e. The van der Waals surface area contributed by atoms with E-state index < -0.39 is 11.4 Å². The fourth-order valence-electron chi connectivity index (χ4n) is 1.61. The number of aryl methyl sites for hydroxylation is 1. The van der Waals surface area contributed by atoms with Gasteiger partial charge in [0, 0.05) is 12.2 Å². The number of benzene rings is 1. The summed E-state index contributed by atoms with van der Waals surface area (Å²) in [5.41, 5.74) is 6.48. The smallest absolute Gasteiger partial charge is 0.254 e. The number of nitrogens with one attached hydrogen (secondary N) is 2. The van der Waals surface area contributed by atoms with Gasteiger partial charge in [-0.05, 0) is 45.4 Å². The summed E-state index contributed by atoms with van der Waals surface area (Å²) in [5, 5.41) is 5.77. The molecular formula is C14H21N3O2. The molecule has 104 valence electrons. The van der Waals surface area contributed by atoms with Crippen LogP contribution in [-0.2, 0) is 4.79 Å². The van der Waals surface area contributed by atoms with Gasteiger partial charge >= 0.3 is 0 Å². The predicted octanol–water partition coefficient (Wildman–Crippen LogP) is 1.42. The summed E-state index contributed by atoms with van der Waals surface area (Å²) in [7, 11) is 0.